The van der Waals surface area contributed by atoms with Crippen molar-refractivity contribution in [3.8, 4) is 0 Å². The number of hydrogen-bond donors (Lipinski definition) is 2. The number of nitrogens with one attached hydrogen (secondary N) is 1. The molecular formula is C4H12N2O. The number of rotatable bonds is 3. The molecule has 0 unspecified atom stereocenters. The Balaban J connectivity index is 2.68. The van der Waals surface area contributed by atoms with E-state index in [4.69, 9.17) is 5.84 Å². The summed E-state index contributed by atoms with van der Waals surface area (Å²) >= 11 is 0. The Bertz CT molecular complexity index is 38.7. The molecule has 0 aliphatic heterocycles. The number of hydrazine groups is 1. The van der Waals surface area contributed by atoms with Gasteiger partial charge in [-0.05, 0) is 5.92 Å². The Hall–Kier alpha value is -0.120. The van der Waals surface area contributed by atoms with Crippen LogP contribution in [0.5, 0.6) is 0 Å². The molecule has 0 amide bonds. The predicted molar refractivity (Wildman–Crippen MR) is 28.1 cm³/mol. The highest BCUT2D eigenvalue weighted by Crippen LogP contribution is 1.87. The second-order valence-corrected chi connectivity index (χ2v) is 1.82. The first kappa shape index (κ1) is 6.88. The Labute approximate surface area is 43.8 Å². The van der Waals surface area contributed by atoms with Gasteiger partial charge in [0.05, 0.1) is 6.61 Å². The van der Waals surface area contributed by atoms with Gasteiger partial charge in [-0.25, -0.2) is 5.84 Å². The topological polar surface area (TPSA) is 47.3 Å². The van der Waals surface area contributed by atoms with Crippen LogP contribution in [0.25, 0.3) is 0 Å². The van der Waals surface area contributed by atoms with E-state index in [1.54, 1.807) is 0 Å². The van der Waals surface area contributed by atoms with Gasteiger partial charge in [-0.3, -0.25) is 4.84 Å². The van der Waals surface area contributed by atoms with E-state index in [1.165, 1.54) is 0 Å². The maximum Gasteiger partial charge on any atom is 0.0721 e. The number of nitrogens with two attached hydrogens (primary N) is 1. The first-order chi connectivity index (χ1) is 3.27. The Kier molecular flexibility index (Phi) is 3.98. The van der Waals surface area contributed by atoms with Gasteiger partial charge in [0.1, 0.15) is 0 Å². The fourth-order valence-electron chi connectivity index (χ4n) is 0.215. The zero-order valence-corrected chi connectivity index (χ0v) is 4.77. The van der Waals surface area contributed by atoms with Gasteiger partial charge in [-0.15, -0.1) is 5.59 Å². The monoisotopic (exact) mass is 104 g/mol. The molecule has 0 fully saturated rings. The third-order valence-corrected chi connectivity index (χ3v) is 0.500. The van der Waals surface area contributed by atoms with Gasteiger partial charge >= 0.3 is 0 Å². The lowest BCUT2D eigenvalue weighted by atomic mass is 10.2. The fourth-order valence-corrected chi connectivity index (χ4v) is 0.215. The molecule has 0 aromatic carbocycles. The van der Waals surface area contributed by atoms with Gasteiger partial charge in [-0.1, -0.05) is 13.8 Å². The highest BCUT2D eigenvalue weighted by molar-refractivity contribution is 4.35. The third-order valence-electron chi connectivity index (χ3n) is 0.500. The maximum atomic E-state index is 4.80. The summed E-state index contributed by atoms with van der Waals surface area (Å²) in [6.45, 7) is 4.77. The molecule has 0 bridgehead atoms. The van der Waals surface area contributed by atoms with Crippen molar-refractivity contribution in [3.63, 3.8) is 0 Å². The van der Waals surface area contributed by atoms with Crippen molar-refractivity contribution < 1.29 is 4.84 Å². The minimum absolute atomic E-state index is 0.538. The summed E-state index contributed by atoms with van der Waals surface area (Å²) < 4.78 is 0. The molecule has 0 aromatic heterocycles. The minimum Gasteiger partial charge on any atom is -0.287 e. The quantitative estimate of drug-likeness (QED) is 0.392. The summed E-state index contributed by atoms with van der Waals surface area (Å²) in [5.41, 5.74) is 2.10. The molecule has 0 aliphatic carbocycles. The largest absolute Gasteiger partial charge is 0.287 e. The molecule has 7 heavy (non-hydrogen) atoms. The lowest BCUT2D eigenvalue weighted by Crippen LogP contribution is -2.24. The summed E-state index contributed by atoms with van der Waals surface area (Å²) in [6, 6.07) is 0. The smallest absolute Gasteiger partial charge is 0.0721 e. The van der Waals surface area contributed by atoms with Crippen LogP contribution in [-0.2, 0) is 4.84 Å². The SMILES string of the molecule is CC(C)CONN. The normalized spacial score (nSPS) is 10.3. The molecule has 0 radical (unpaired) electrons. The number of hydrogen-bond acceptors (Lipinski definition) is 3. The third kappa shape index (κ3) is 5.88. The van der Waals surface area contributed by atoms with Crippen molar-refractivity contribution in [2.75, 3.05) is 6.61 Å². The van der Waals surface area contributed by atoms with Crippen molar-refractivity contribution in [1.82, 2.24) is 5.59 Å². The summed E-state index contributed by atoms with van der Waals surface area (Å²) in [4.78, 5) is 4.62. The minimum atomic E-state index is 0.538. The van der Waals surface area contributed by atoms with Gasteiger partial charge in [0, 0.05) is 0 Å². The molecule has 0 saturated carbocycles. The van der Waals surface area contributed by atoms with Crippen LogP contribution < -0.4 is 11.4 Å². The van der Waals surface area contributed by atoms with Gasteiger partial charge in [0.2, 0.25) is 0 Å². The lowest BCUT2D eigenvalue weighted by Gasteiger charge is -2.01. The van der Waals surface area contributed by atoms with Crippen LogP contribution in [0.3, 0.4) is 0 Å². The molecule has 3 N–H and O–H groups in total. The molecule has 0 saturated heterocycles. The van der Waals surface area contributed by atoms with Gasteiger partial charge in [0.15, 0.2) is 0 Å². The van der Waals surface area contributed by atoms with Crippen molar-refractivity contribution >= 4 is 0 Å². The fraction of sp³-hybridized carbons (Fsp3) is 1.00. The molecular weight excluding hydrogens is 92.1 g/mol. The van der Waals surface area contributed by atoms with Crippen LogP contribution in [0.15, 0.2) is 0 Å². The van der Waals surface area contributed by atoms with E-state index in [0.29, 0.717) is 12.5 Å². The molecule has 0 aliphatic rings. The van der Waals surface area contributed by atoms with E-state index < -0.39 is 0 Å². The lowest BCUT2D eigenvalue weighted by molar-refractivity contribution is 0.0238. The highest BCUT2D eigenvalue weighted by Gasteiger charge is 1.88. The van der Waals surface area contributed by atoms with Crippen molar-refractivity contribution in [3.05, 3.63) is 0 Å². The van der Waals surface area contributed by atoms with Crippen LogP contribution in [-0.4, -0.2) is 6.61 Å². The molecule has 3 heteroatoms. The first-order valence-electron chi connectivity index (χ1n) is 2.34. The van der Waals surface area contributed by atoms with Crippen LogP contribution in [0.4, 0.5) is 0 Å². The van der Waals surface area contributed by atoms with Crippen molar-refractivity contribution in [1.29, 1.82) is 0 Å². The van der Waals surface area contributed by atoms with Gasteiger partial charge < -0.3 is 0 Å². The zero-order valence-electron chi connectivity index (χ0n) is 4.77. The summed E-state index contributed by atoms with van der Waals surface area (Å²) in [5, 5.41) is 0. The first-order valence-corrected chi connectivity index (χ1v) is 2.34. The summed E-state index contributed by atoms with van der Waals surface area (Å²) in [5.74, 6) is 5.34. The molecule has 0 atom stereocenters. The molecule has 3 nitrogen and oxygen atoms in total. The van der Waals surface area contributed by atoms with E-state index >= 15 is 0 Å². The summed E-state index contributed by atoms with van der Waals surface area (Å²) in [7, 11) is 0. The molecule has 0 aromatic rings. The Morgan fingerprint density at radius 1 is 1.71 bits per heavy atom. The van der Waals surface area contributed by atoms with E-state index in [-0.39, 0.29) is 0 Å². The van der Waals surface area contributed by atoms with Crippen LogP contribution in [0.1, 0.15) is 13.8 Å². The van der Waals surface area contributed by atoms with Crippen LogP contribution in [0, 0.1) is 5.92 Å². The molecule has 44 valence electrons. The van der Waals surface area contributed by atoms with Crippen molar-refractivity contribution in [2.24, 2.45) is 11.8 Å². The second kappa shape index (κ2) is 4.05. The second-order valence-electron chi connectivity index (χ2n) is 1.82. The molecule has 0 rings (SSSR count). The Morgan fingerprint density at radius 2 is 2.29 bits per heavy atom. The van der Waals surface area contributed by atoms with E-state index in [1.807, 2.05) is 0 Å². The van der Waals surface area contributed by atoms with Crippen molar-refractivity contribution in [2.45, 2.75) is 13.8 Å². The average molecular weight is 104 g/mol. The summed E-state index contributed by atoms with van der Waals surface area (Å²) in [6.07, 6.45) is 0. The predicted octanol–water partition coefficient (Wildman–Crippen LogP) is 0.0373. The van der Waals surface area contributed by atoms with Gasteiger partial charge in [-0.2, -0.15) is 0 Å². The average Bonchev–Trinajstić information content (AvgIpc) is 1.61. The van der Waals surface area contributed by atoms with Crippen LogP contribution >= 0.6 is 0 Å². The zero-order chi connectivity index (χ0) is 5.70. The van der Waals surface area contributed by atoms with E-state index in [0.717, 1.165) is 0 Å². The molecule has 0 spiro atoms. The van der Waals surface area contributed by atoms with Crippen LogP contribution in [0.2, 0.25) is 0 Å². The maximum absolute atomic E-state index is 4.80. The molecule has 0 heterocycles. The Morgan fingerprint density at radius 3 is 2.43 bits per heavy atom. The van der Waals surface area contributed by atoms with E-state index in [9.17, 15) is 0 Å². The van der Waals surface area contributed by atoms with E-state index in [2.05, 4.69) is 24.3 Å². The van der Waals surface area contributed by atoms with Gasteiger partial charge in [0.25, 0.3) is 0 Å². The highest BCUT2D eigenvalue weighted by atomic mass is 16.7. The standard InChI is InChI=1S/C4H12N2O/c1-4(2)3-7-6-5/h4,6H,3,5H2,1-2H3.